The number of aliphatic imine (C=N–C) groups is 1. The minimum atomic E-state index is -4.26. The molecule has 118 valence electrons. The van der Waals surface area contributed by atoms with Crippen LogP contribution in [0.3, 0.4) is 0 Å². The Morgan fingerprint density at radius 3 is 2.52 bits per heavy atom. The zero-order chi connectivity index (χ0) is 15.6. The second-order valence-corrected chi connectivity index (χ2v) is 4.36. The molecule has 0 fully saturated rings. The number of hydrogen-bond acceptors (Lipinski definition) is 2. The molecule has 0 spiro atoms. The molecular weight excluding hydrogens is 283 g/mol. The number of rotatable bonds is 7. The van der Waals surface area contributed by atoms with Gasteiger partial charge in [0.15, 0.2) is 5.96 Å². The van der Waals surface area contributed by atoms with Crippen LogP contribution in [0.5, 0.6) is 0 Å². The van der Waals surface area contributed by atoms with E-state index in [2.05, 4.69) is 20.4 Å². The lowest BCUT2D eigenvalue weighted by Gasteiger charge is -2.12. The van der Waals surface area contributed by atoms with Crippen LogP contribution in [-0.2, 0) is 11.3 Å². The van der Waals surface area contributed by atoms with E-state index in [1.54, 1.807) is 7.05 Å². The second-order valence-electron chi connectivity index (χ2n) is 4.36. The lowest BCUT2D eigenvalue weighted by molar-refractivity contribution is -0.173. The largest absolute Gasteiger partial charge is 0.411 e. The molecule has 0 unspecified atom stereocenters. The topological polar surface area (TPSA) is 45.7 Å². The van der Waals surface area contributed by atoms with Gasteiger partial charge in [-0.3, -0.25) is 4.99 Å². The highest BCUT2D eigenvalue weighted by Crippen LogP contribution is 2.14. The summed E-state index contributed by atoms with van der Waals surface area (Å²) in [6.45, 7) is -0.0203. The van der Waals surface area contributed by atoms with Crippen molar-refractivity contribution in [2.45, 2.75) is 19.1 Å². The molecule has 0 aliphatic heterocycles. The van der Waals surface area contributed by atoms with E-state index in [-0.39, 0.29) is 6.61 Å². The van der Waals surface area contributed by atoms with Crippen LogP contribution in [0.1, 0.15) is 12.0 Å². The van der Waals surface area contributed by atoms with E-state index in [9.17, 15) is 13.2 Å². The van der Waals surface area contributed by atoms with Gasteiger partial charge in [-0.15, -0.1) is 0 Å². The van der Waals surface area contributed by atoms with Crippen molar-refractivity contribution in [3.8, 4) is 0 Å². The van der Waals surface area contributed by atoms with Gasteiger partial charge in [-0.1, -0.05) is 30.3 Å². The Morgan fingerprint density at radius 2 is 1.90 bits per heavy atom. The lowest BCUT2D eigenvalue weighted by atomic mass is 10.2. The van der Waals surface area contributed by atoms with Gasteiger partial charge >= 0.3 is 6.18 Å². The monoisotopic (exact) mass is 303 g/mol. The van der Waals surface area contributed by atoms with Gasteiger partial charge < -0.3 is 15.4 Å². The molecule has 0 radical (unpaired) electrons. The normalized spacial score (nSPS) is 12.3. The van der Waals surface area contributed by atoms with Crippen molar-refractivity contribution in [3.05, 3.63) is 35.9 Å². The number of guanidine groups is 1. The summed E-state index contributed by atoms with van der Waals surface area (Å²) in [5.41, 5.74) is 1.12. The Labute approximate surface area is 122 Å². The van der Waals surface area contributed by atoms with E-state index in [4.69, 9.17) is 0 Å². The Morgan fingerprint density at radius 1 is 1.19 bits per heavy atom. The summed E-state index contributed by atoms with van der Waals surface area (Å²) < 4.78 is 40.0. The number of hydrogen-bond donors (Lipinski definition) is 2. The maximum absolute atomic E-state index is 11.8. The fourth-order valence-electron chi connectivity index (χ4n) is 1.57. The first kappa shape index (κ1) is 17.3. The zero-order valence-electron chi connectivity index (χ0n) is 11.9. The molecule has 0 atom stereocenters. The first-order valence-electron chi connectivity index (χ1n) is 6.64. The standard InChI is InChI=1S/C14H20F3N3O/c1-18-13(20-10-12-6-3-2-4-7-12)19-8-5-9-21-11-14(15,16)17/h2-4,6-7H,5,8-11H2,1H3,(H2,18,19,20). The summed E-state index contributed by atoms with van der Waals surface area (Å²) in [7, 11) is 1.64. The SMILES string of the molecule is CN=C(NCCCOCC(F)(F)F)NCc1ccccc1. The molecule has 2 N–H and O–H groups in total. The van der Waals surface area contributed by atoms with E-state index in [1.807, 2.05) is 30.3 Å². The predicted molar refractivity (Wildman–Crippen MR) is 76.1 cm³/mol. The van der Waals surface area contributed by atoms with Crippen LogP contribution < -0.4 is 10.6 Å². The molecule has 0 aliphatic carbocycles. The number of ether oxygens (including phenoxy) is 1. The van der Waals surface area contributed by atoms with E-state index >= 15 is 0 Å². The summed E-state index contributed by atoms with van der Waals surface area (Å²) in [4.78, 5) is 4.03. The maximum atomic E-state index is 11.8. The molecule has 0 amide bonds. The number of halogens is 3. The van der Waals surface area contributed by atoms with Gasteiger partial charge in [-0.25, -0.2) is 0 Å². The van der Waals surface area contributed by atoms with E-state index in [1.165, 1.54) is 0 Å². The van der Waals surface area contributed by atoms with Gasteiger partial charge in [0.2, 0.25) is 0 Å². The Balaban J connectivity index is 2.12. The first-order chi connectivity index (χ1) is 10.0. The van der Waals surface area contributed by atoms with Crippen LogP contribution in [0.25, 0.3) is 0 Å². The molecule has 0 aliphatic rings. The van der Waals surface area contributed by atoms with Crippen LogP contribution in [0, 0.1) is 0 Å². The molecule has 7 heteroatoms. The van der Waals surface area contributed by atoms with Crippen molar-refractivity contribution < 1.29 is 17.9 Å². The van der Waals surface area contributed by atoms with Crippen molar-refractivity contribution in [1.82, 2.24) is 10.6 Å². The molecule has 0 saturated carbocycles. The third kappa shape index (κ3) is 8.91. The summed E-state index contributed by atoms with van der Waals surface area (Å²) >= 11 is 0. The Bertz CT molecular complexity index is 421. The smallest absolute Gasteiger partial charge is 0.372 e. The third-order valence-corrected chi connectivity index (χ3v) is 2.55. The fraction of sp³-hybridized carbons (Fsp3) is 0.500. The molecule has 0 saturated heterocycles. The second kappa shape index (κ2) is 9.23. The van der Waals surface area contributed by atoms with Gasteiger partial charge in [0.25, 0.3) is 0 Å². The molecule has 4 nitrogen and oxygen atoms in total. The number of benzene rings is 1. The molecular formula is C14H20F3N3O. The van der Waals surface area contributed by atoms with E-state index in [0.717, 1.165) is 5.56 Å². The number of alkyl halides is 3. The molecule has 0 bridgehead atoms. The average Bonchev–Trinajstić information content (AvgIpc) is 2.45. The van der Waals surface area contributed by atoms with Crippen molar-refractivity contribution in [1.29, 1.82) is 0 Å². The van der Waals surface area contributed by atoms with Crippen LogP contribution >= 0.6 is 0 Å². The van der Waals surface area contributed by atoms with Crippen LogP contribution in [-0.4, -0.2) is 38.9 Å². The van der Waals surface area contributed by atoms with Crippen molar-refractivity contribution in [2.24, 2.45) is 4.99 Å². The van der Waals surface area contributed by atoms with Crippen molar-refractivity contribution >= 4 is 5.96 Å². The van der Waals surface area contributed by atoms with Crippen molar-refractivity contribution in [3.63, 3.8) is 0 Å². The first-order valence-corrected chi connectivity index (χ1v) is 6.64. The van der Waals surface area contributed by atoms with Gasteiger partial charge in [0, 0.05) is 26.7 Å². The average molecular weight is 303 g/mol. The molecule has 21 heavy (non-hydrogen) atoms. The quantitative estimate of drug-likeness (QED) is 0.462. The van der Waals surface area contributed by atoms with Gasteiger partial charge in [0.05, 0.1) is 0 Å². The Hall–Kier alpha value is -1.76. The van der Waals surface area contributed by atoms with Crippen LogP contribution in [0.4, 0.5) is 13.2 Å². The lowest BCUT2D eigenvalue weighted by Crippen LogP contribution is -2.37. The summed E-state index contributed by atoms with van der Waals surface area (Å²) in [6, 6.07) is 9.82. The van der Waals surface area contributed by atoms with Gasteiger partial charge in [0.1, 0.15) is 6.61 Å². The maximum Gasteiger partial charge on any atom is 0.411 e. The fourth-order valence-corrected chi connectivity index (χ4v) is 1.57. The molecule has 0 heterocycles. The van der Waals surface area contributed by atoms with Crippen LogP contribution in [0.15, 0.2) is 35.3 Å². The highest BCUT2D eigenvalue weighted by Gasteiger charge is 2.27. The molecule has 0 aromatic heterocycles. The van der Waals surface area contributed by atoms with E-state index in [0.29, 0.717) is 25.5 Å². The van der Waals surface area contributed by atoms with Crippen LogP contribution in [0.2, 0.25) is 0 Å². The number of nitrogens with one attached hydrogen (secondary N) is 2. The number of nitrogens with zero attached hydrogens (tertiary/aromatic N) is 1. The zero-order valence-corrected chi connectivity index (χ0v) is 11.9. The molecule has 1 rings (SSSR count). The summed E-state index contributed by atoms with van der Waals surface area (Å²) in [6.07, 6.45) is -3.79. The minimum Gasteiger partial charge on any atom is -0.372 e. The van der Waals surface area contributed by atoms with Gasteiger partial charge in [-0.05, 0) is 12.0 Å². The minimum absolute atomic E-state index is 0.0577. The summed E-state index contributed by atoms with van der Waals surface area (Å²) in [5, 5.41) is 6.13. The highest BCUT2D eigenvalue weighted by atomic mass is 19.4. The van der Waals surface area contributed by atoms with Crippen molar-refractivity contribution in [2.75, 3.05) is 26.8 Å². The molecule has 1 aromatic carbocycles. The molecule has 1 aromatic rings. The van der Waals surface area contributed by atoms with Gasteiger partial charge in [-0.2, -0.15) is 13.2 Å². The highest BCUT2D eigenvalue weighted by molar-refractivity contribution is 5.79. The predicted octanol–water partition coefficient (Wildman–Crippen LogP) is 2.32. The third-order valence-electron chi connectivity index (χ3n) is 2.55. The summed E-state index contributed by atoms with van der Waals surface area (Å²) in [5.74, 6) is 0.606. The Kier molecular flexibility index (Phi) is 7.60. The van der Waals surface area contributed by atoms with E-state index < -0.39 is 12.8 Å².